The van der Waals surface area contributed by atoms with Crippen LogP contribution in [0.15, 0.2) is 72.9 Å². The Kier molecular flexibility index (Phi) is 30.6. The summed E-state index contributed by atoms with van der Waals surface area (Å²) in [4.78, 5) is 115. The number of nitrogens with one attached hydrogen (secondary N) is 4. The molecule has 1 aromatic heterocycles. The van der Waals surface area contributed by atoms with E-state index in [1.165, 1.54) is 0 Å². The van der Waals surface area contributed by atoms with E-state index in [0.717, 1.165) is 58.6 Å². The van der Waals surface area contributed by atoms with E-state index in [2.05, 4.69) is 40.9 Å². The fourth-order valence-corrected chi connectivity index (χ4v) is 10.3. The van der Waals surface area contributed by atoms with Gasteiger partial charge in [0.25, 0.3) is 11.8 Å². The molecule has 0 fully saturated rings. The van der Waals surface area contributed by atoms with E-state index in [4.69, 9.17) is 23.7 Å². The van der Waals surface area contributed by atoms with Gasteiger partial charge < -0.3 is 64.6 Å². The van der Waals surface area contributed by atoms with Crippen molar-refractivity contribution < 1.29 is 85.8 Å². The number of amides is 7. The summed E-state index contributed by atoms with van der Waals surface area (Å²) < 4.78 is 59.0. The van der Waals surface area contributed by atoms with Crippen LogP contribution in [0.5, 0.6) is 0 Å². The molecule has 1 aliphatic rings. The SMILES string of the molecule is CC(C)(C)[C@H](c1cc(-c2cc(F)ccc2F)cn1Cc1ccccc1)N(CCCNC(=O)OCC[Si](C)(C)C)C(=O)CSC[C@H](NC(=O)CC[C@H](NC(=O)CCOCCOCCOCCOCCNC(=O)CCN1C(=O)C=CC1=O)C(=O)O)C(=O)O. The number of nitrogens with zero attached hydrogens (tertiary/aromatic N) is 3. The van der Waals surface area contributed by atoms with Gasteiger partial charge in [-0.3, -0.25) is 33.7 Å². The number of hydrogen-bond donors (Lipinski definition) is 6. The van der Waals surface area contributed by atoms with Crippen LogP contribution in [0.25, 0.3) is 11.1 Å². The van der Waals surface area contributed by atoms with Crippen molar-refractivity contribution in [3.05, 3.63) is 95.8 Å². The lowest BCUT2D eigenvalue weighted by Crippen LogP contribution is -2.46. The van der Waals surface area contributed by atoms with Crippen molar-refractivity contribution in [3.63, 3.8) is 0 Å². The molecule has 1 aliphatic heterocycles. The van der Waals surface area contributed by atoms with E-state index in [1.807, 2.05) is 55.7 Å². The molecule has 2 heterocycles. The highest BCUT2D eigenvalue weighted by Crippen LogP contribution is 2.41. The van der Waals surface area contributed by atoms with Gasteiger partial charge in [0, 0.05) is 101 Å². The van der Waals surface area contributed by atoms with Crippen molar-refractivity contribution in [1.82, 2.24) is 35.6 Å². The molecule has 0 bridgehead atoms. The van der Waals surface area contributed by atoms with Crippen molar-refractivity contribution >= 4 is 73.3 Å². The number of rotatable bonds is 41. The minimum atomic E-state index is -1.50. The fraction of sp³-hybridized carbons (Fsp3) is 0.542. The van der Waals surface area contributed by atoms with Crippen LogP contribution in [0.4, 0.5) is 13.6 Å². The lowest BCUT2D eigenvalue weighted by molar-refractivity contribution is -0.143. The molecule has 23 nitrogen and oxygen atoms in total. The molecule has 0 aliphatic carbocycles. The Labute approximate surface area is 505 Å². The summed E-state index contributed by atoms with van der Waals surface area (Å²) in [6, 6.07) is 11.4. The first kappa shape index (κ1) is 71.4. The Balaban J connectivity index is 1.24. The third-order valence-electron chi connectivity index (χ3n) is 13.1. The lowest BCUT2D eigenvalue weighted by atomic mass is 9.83. The van der Waals surface area contributed by atoms with Crippen molar-refractivity contribution in [1.29, 1.82) is 0 Å². The first-order valence-corrected chi connectivity index (χ1v) is 33.3. The van der Waals surface area contributed by atoms with Gasteiger partial charge in [0.2, 0.25) is 23.6 Å². The second kappa shape index (κ2) is 36.8. The molecule has 7 amide bonds. The van der Waals surface area contributed by atoms with Gasteiger partial charge in [-0.15, -0.1) is 11.8 Å². The number of carboxylic acid groups (broad SMARTS) is 2. The van der Waals surface area contributed by atoms with E-state index in [-0.39, 0.29) is 134 Å². The Hall–Kier alpha value is -7.04. The number of imide groups is 1. The second-order valence-corrected chi connectivity index (χ2v) is 29.1. The molecule has 6 N–H and O–H groups in total. The Bertz CT molecular complexity index is 2740. The standard InChI is InChI=1S/C59H83F2N7O16SSi/c1-59(2,3)55(48-35-42(44-36-43(60)13-14-45(44)61)38-66(48)37-41-11-8-7-9-12-41)68(23-10-21-63-58(79)84-33-34-86(4,5)6)54(74)40-85-39-47(57(77)78)65-50(70)16-15-46(56(75)76)64-51(71)20-25-80-27-29-82-31-32-83-30-28-81-26-22-62-49(69)19-24-67-52(72)17-18-53(67)73/h7-9,11-14,17-18,35-36,38,46-47,55H,10,15-16,19-34,37,39-40H2,1-6H3,(H,62,69)(H,63,79)(H,64,71)(H,65,70)(H,75,76)(H,77,78)/t46-,47-,55-/m0/s1. The molecule has 0 saturated heterocycles. The zero-order valence-electron chi connectivity index (χ0n) is 49.8. The molecule has 0 saturated carbocycles. The molecular formula is C59H83F2N7O16SSi. The summed E-state index contributed by atoms with van der Waals surface area (Å²) in [7, 11) is -1.47. The van der Waals surface area contributed by atoms with Gasteiger partial charge in [-0.1, -0.05) is 70.7 Å². The minimum absolute atomic E-state index is 0.00447. The maximum absolute atomic E-state index is 15.4. The van der Waals surface area contributed by atoms with Crippen LogP contribution in [-0.4, -0.2) is 195 Å². The van der Waals surface area contributed by atoms with E-state index >= 15 is 4.39 Å². The number of ether oxygens (including phenoxy) is 5. The first-order valence-electron chi connectivity index (χ1n) is 28.5. The van der Waals surface area contributed by atoms with E-state index in [0.29, 0.717) is 17.8 Å². The number of hydrogen-bond acceptors (Lipinski definition) is 15. The Morgan fingerprint density at radius 1 is 0.709 bits per heavy atom. The smallest absolute Gasteiger partial charge is 0.407 e. The van der Waals surface area contributed by atoms with Crippen LogP contribution in [0.1, 0.15) is 70.2 Å². The molecule has 3 atom stereocenters. The van der Waals surface area contributed by atoms with Crippen LogP contribution < -0.4 is 21.3 Å². The van der Waals surface area contributed by atoms with Crippen molar-refractivity contribution in [3.8, 4) is 11.1 Å². The van der Waals surface area contributed by atoms with Crippen molar-refractivity contribution in [2.45, 2.75) is 103 Å². The van der Waals surface area contributed by atoms with Gasteiger partial charge in [0.15, 0.2) is 0 Å². The van der Waals surface area contributed by atoms with E-state index < -0.39 is 97.2 Å². The summed E-state index contributed by atoms with van der Waals surface area (Å²) in [6.45, 7) is 14.9. The largest absolute Gasteiger partial charge is 0.480 e. The van der Waals surface area contributed by atoms with Crippen molar-refractivity contribution in [2.75, 3.05) is 97.1 Å². The number of carbonyl (C=O) groups is 9. The first-order chi connectivity index (χ1) is 40.8. The van der Waals surface area contributed by atoms with Gasteiger partial charge >= 0.3 is 18.0 Å². The third-order valence-corrected chi connectivity index (χ3v) is 15.8. The molecule has 3 aromatic rings. The number of halogens is 2. The normalized spacial score (nSPS) is 13.5. The van der Waals surface area contributed by atoms with Crippen LogP contribution in [0, 0.1) is 17.0 Å². The fourth-order valence-electron chi connectivity index (χ4n) is 8.68. The highest BCUT2D eigenvalue weighted by Gasteiger charge is 2.38. The number of benzene rings is 2. The quantitative estimate of drug-likeness (QED) is 0.0236. The Morgan fingerprint density at radius 3 is 1.93 bits per heavy atom. The number of thioether (sulfide) groups is 1. The van der Waals surface area contributed by atoms with Crippen molar-refractivity contribution in [2.24, 2.45) is 5.41 Å². The molecule has 474 valence electrons. The number of carbonyl (C=O) groups excluding carboxylic acids is 7. The summed E-state index contributed by atoms with van der Waals surface area (Å²) in [5.74, 6) is -7.74. The Morgan fingerprint density at radius 2 is 1.31 bits per heavy atom. The summed E-state index contributed by atoms with van der Waals surface area (Å²) in [5, 5.41) is 30.1. The number of aromatic nitrogens is 1. The van der Waals surface area contributed by atoms with Gasteiger partial charge in [0.1, 0.15) is 23.7 Å². The molecular weight excluding hydrogens is 1160 g/mol. The highest BCUT2D eigenvalue weighted by molar-refractivity contribution is 8.00. The summed E-state index contributed by atoms with van der Waals surface area (Å²) >= 11 is 0.946. The predicted octanol–water partition coefficient (Wildman–Crippen LogP) is 5.39. The van der Waals surface area contributed by atoms with E-state index in [9.17, 15) is 57.8 Å². The summed E-state index contributed by atoms with van der Waals surface area (Å²) in [5.41, 5.74) is 1.18. The topological polar surface area (TPSA) is 300 Å². The zero-order valence-corrected chi connectivity index (χ0v) is 51.6. The maximum atomic E-state index is 15.4. The lowest BCUT2D eigenvalue weighted by Gasteiger charge is -2.41. The van der Waals surface area contributed by atoms with Crippen LogP contribution >= 0.6 is 11.8 Å². The third kappa shape index (κ3) is 26.7. The molecule has 4 rings (SSSR count). The van der Waals surface area contributed by atoms with Gasteiger partial charge in [-0.2, -0.15) is 0 Å². The number of alkyl carbamates (subject to hydrolysis) is 1. The van der Waals surface area contributed by atoms with Gasteiger partial charge in [-0.25, -0.2) is 23.2 Å². The van der Waals surface area contributed by atoms with Gasteiger partial charge in [0.05, 0.1) is 71.3 Å². The maximum Gasteiger partial charge on any atom is 0.407 e. The van der Waals surface area contributed by atoms with E-state index in [1.54, 1.807) is 17.2 Å². The summed E-state index contributed by atoms with van der Waals surface area (Å²) in [6.07, 6.45) is 2.65. The number of aliphatic carboxylic acids is 2. The van der Waals surface area contributed by atoms with Crippen LogP contribution in [0.3, 0.4) is 0 Å². The molecule has 86 heavy (non-hydrogen) atoms. The predicted molar refractivity (Wildman–Crippen MR) is 318 cm³/mol. The number of carboxylic acids is 2. The second-order valence-electron chi connectivity index (χ2n) is 22.4. The minimum Gasteiger partial charge on any atom is -0.480 e. The molecule has 27 heteroatoms. The molecule has 2 aromatic carbocycles. The average Bonchev–Trinajstić information content (AvgIpc) is 1.74. The van der Waals surface area contributed by atoms with Gasteiger partial charge in [-0.05, 0) is 54.1 Å². The van der Waals surface area contributed by atoms with Crippen LogP contribution in [-0.2, 0) is 68.6 Å². The average molecular weight is 1240 g/mol. The highest BCUT2D eigenvalue weighted by atomic mass is 32.2. The molecule has 0 unspecified atom stereocenters. The van der Waals surface area contributed by atoms with Crippen LogP contribution in [0.2, 0.25) is 25.7 Å². The zero-order chi connectivity index (χ0) is 63.2. The molecule has 0 radical (unpaired) electrons. The molecule has 0 spiro atoms. The monoisotopic (exact) mass is 1240 g/mol.